The van der Waals surface area contributed by atoms with Crippen LogP contribution in [0.1, 0.15) is 6.42 Å². The van der Waals surface area contributed by atoms with Crippen molar-refractivity contribution in [2.24, 2.45) is 5.92 Å². The number of morpholine rings is 1. The molecule has 1 amide bonds. The van der Waals surface area contributed by atoms with Crippen molar-refractivity contribution in [1.29, 1.82) is 0 Å². The first kappa shape index (κ1) is 12.3. The van der Waals surface area contributed by atoms with Gasteiger partial charge in [0.2, 0.25) is 11.9 Å². The quantitative estimate of drug-likeness (QED) is 0.760. The molecule has 0 unspecified atom stereocenters. The van der Waals surface area contributed by atoms with E-state index in [9.17, 15) is 4.79 Å². The van der Waals surface area contributed by atoms with Gasteiger partial charge in [-0.15, -0.1) is 0 Å². The summed E-state index contributed by atoms with van der Waals surface area (Å²) in [4.78, 5) is 24.9. The molecule has 1 atom stereocenters. The smallest absolute Gasteiger partial charge is 0.227 e. The first-order chi connectivity index (χ1) is 9.34. The zero-order valence-corrected chi connectivity index (χ0v) is 10.9. The zero-order chi connectivity index (χ0) is 13.1. The van der Waals surface area contributed by atoms with E-state index in [4.69, 9.17) is 4.74 Å². The molecule has 102 valence electrons. The van der Waals surface area contributed by atoms with Gasteiger partial charge in [0.25, 0.3) is 0 Å². The van der Waals surface area contributed by atoms with Crippen molar-refractivity contribution in [3.8, 4) is 0 Å². The van der Waals surface area contributed by atoms with Crippen LogP contribution in [0.15, 0.2) is 18.5 Å². The molecule has 0 bridgehead atoms. The van der Waals surface area contributed by atoms with Crippen LogP contribution in [0.25, 0.3) is 0 Å². The molecule has 0 spiro atoms. The topological polar surface area (TPSA) is 58.6 Å². The minimum atomic E-state index is 0.0712. The Labute approximate surface area is 112 Å². The van der Waals surface area contributed by atoms with Crippen LogP contribution in [0.2, 0.25) is 0 Å². The summed E-state index contributed by atoms with van der Waals surface area (Å²) in [5.74, 6) is 1.04. The Kier molecular flexibility index (Phi) is 3.59. The number of carbonyl (C=O) groups excluding carboxylic acids is 1. The molecule has 0 saturated carbocycles. The fraction of sp³-hybridized carbons (Fsp3) is 0.615. The summed E-state index contributed by atoms with van der Waals surface area (Å²) >= 11 is 0. The van der Waals surface area contributed by atoms with Crippen LogP contribution in [0.5, 0.6) is 0 Å². The summed E-state index contributed by atoms with van der Waals surface area (Å²) in [6.45, 7) is 4.33. The monoisotopic (exact) mass is 262 g/mol. The fourth-order valence-electron chi connectivity index (χ4n) is 2.64. The number of nitrogens with zero attached hydrogens (tertiary/aromatic N) is 4. The molecule has 1 aromatic rings. The molecule has 3 heterocycles. The van der Waals surface area contributed by atoms with Crippen LogP contribution in [0, 0.1) is 5.92 Å². The molecule has 1 aromatic heterocycles. The van der Waals surface area contributed by atoms with Crippen LogP contribution in [-0.2, 0) is 9.53 Å². The second-order valence-electron chi connectivity index (χ2n) is 4.92. The molecule has 2 saturated heterocycles. The van der Waals surface area contributed by atoms with E-state index in [1.807, 2.05) is 4.90 Å². The van der Waals surface area contributed by atoms with E-state index in [0.717, 1.165) is 38.5 Å². The third-order valence-electron chi connectivity index (χ3n) is 3.70. The Morgan fingerprint density at radius 2 is 1.95 bits per heavy atom. The lowest BCUT2D eigenvalue weighted by Gasteiger charge is -2.29. The Morgan fingerprint density at radius 1 is 1.21 bits per heavy atom. The Balaban J connectivity index is 1.61. The predicted octanol–water partition coefficient (Wildman–Crippen LogP) is 0.162. The Bertz CT molecular complexity index is 434. The molecule has 2 aliphatic heterocycles. The zero-order valence-electron chi connectivity index (χ0n) is 10.9. The Morgan fingerprint density at radius 3 is 2.68 bits per heavy atom. The highest BCUT2D eigenvalue weighted by Crippen LogP contribution is 2.22. The van der Waals surface area contributed by atoms with Crippen LogP contribution in [0.3, 0.4) is 0 Å². The highest BCUT2D eigenvalue weighted by molar-refractivity contribution is 5.80. The van der Waals surface area contributed by atoms with E-state index in [1.54, 1.807) is 18.5 Å². The van der Waals surface area contributed by atoms with Gasteiger partial charge in [-0.05, 0) is 12.5 Å². The molecule has 0 radical (unpaired) electrons. The number of ether oxygens (including phenoxy) is 1. The molecular weight excluding hydrogens is 244 g/mol. The van der Waals surface area contributed by atoms with Crippen LogP contribution >= 0.6 is 0 Å². The highest BCUT2D eigenvalue weighted by atomic mass is 16.5. The number of hydrogen-bond donors (Lipinski definition) is 0. The van der Waals surface area contributed by atoms with Crippen molar-refractivity contribution in [3.05, 3.63) is 18.5 Å². The maximum absolute atomic E-state index is 12.4. The molecule has 2 aliphatic rings. The van der Waals surface area contributed by atoms with Crippen molar-refractivity contribution in [2.45, 2.75) is 6.42 Å². The normalized spacial score (nSPS) is 23.7. The van der Waals surface area contributed by atoms with Gasteiger partial charge in [0, 0.05) is 38.6 Å². The van der Waals surface area contributed by atoms with E-state index in [1.165, 1.54) is 0 Å². The molecule has 0 N–H and O–H groups in total. The number of aromatic nitrogens is 2. The largest absolute Gasteiger partial charge is 0.378 e. The molecule has 2 fully saturated rings. The summed E-state index contributed by atoms with van der Waals surface area (Å²) in [5.41, 5.74) is 0. The maximum atomic E-state index is 12.4. The van der Waals surface area contributed by atoms with Gasteiger partial charge in [-0.1, -0.05) is 0 Å². The van der Waals surface area contributed by atoms with E-state index < -0.39 is 0 Å². The van der Waals surface area contributed by atoms with E-state index in [0.29, 0.717) is 13.2 Å². The van der Waals surface area contributed by atoms with Gasteiger partial charge in [0.05, 0.1) is 19.1 Å². The number of carbonyl (C=O) groups is 1. The van der Waals surface area contributed by atoms with E-state index in [-0.39, 0.29) is 11.8 Å². The highest BCUT2D eigenvalue weighted by Gasteiger charge is 2.32. The summed E-state index contributed by atoms with van der Waals surface area (Å²) in [5, 5.41) is 0. The first-order valence-electron chi connectivity index (χ1n) is 6.73. The lowest BCUT2D eigenvalue weighted by molar-refractivity contribution is -0.138. The average molecular weight is 262 g/mol. The first-order valence-corrected chi connectivity index (χ1v) is 6.73. The van der Waals surface area contributed by atoms with Crippen molar-refractivity contribution >= 4 is 11.9 Å². The number of rotatable bonds is 2. The SMILES string of the molecule is O=C([C@H]1CCN(c2ncccn2)C1)N1CCOCC1. The van der Waals surface area contributed by atoms with Gasteiger partial charge in [-0.3, -0.25) is 4.79 Å². The molecule has 19 heavy (non-hydrogen) atoms. The van der Waals surface area contributed by atoms with Gasteiger partial charge in [-0.25, -0.2) is 9.97 Å². The van der Waals surface area contributed by atoms with Crippen molar-refractivity contribution in [2.75, 3.05) is 44.3 Å². The molecule has 6 heteroatoms. The lowest BCUT2D eigenvalue weighted by atomic mass is 10.1. The summed E-state index contributed by atoms with van der Waals surface area (Å²) in [7, 11) is 0. The third kappa shape index (κ3) is 2.68. The fourth-order valence-corrected chi connectivity index (χ4v) is 2.64. The van der Waals surface area contributed by atoms with Crippen LogP contribution in [0.4, 0.5) is 5.95 Å². The molecular formula is C13H18N4O2. The van der Waals surface area contributed by atoms with E-state index in [2.05, 4.69) is 14.9 Å². The number of amides is 1. The van der Waals surface area contributed by atoms with Crippen molar-refractivity contribution in [3.63, 3.8) is 0 Å². The molecule has 3 rings (SSSR count). The molecule has 0 aromatic carbocycles. The van der Waals surface area contributed by atoms with Crippen LogP contribution in [-0.4, -0.2) is 60.2 Å². The number of hydrogen-bond acceptors (Lipinski definition) is 5. The van der Waals surface area contributed by atoms with Gasteiger partial charge in [0.15, 0.2) is 0 Å². The summed E-state index contributed by atoms with van der Waals surface area (Å²) in [6, 6.07) is 1.80. The minimum Gasteiger partial charge on any atom is -0.378 e. The lowest BCUT2D eigenvalue weighted by Crippen LogP contribution is -2.44. The second-order valence-corrected chi connectivity index (χ2v) is 4.92. The van der Waals surface area contributed by atoms with Gasteiger partial charge < -0.3 is 14.5 Å². The predicted molar refractivity (Wildman–Crippen MR) is 69.8 cm³/mol. The van der Waals surface area contributed by atoms with E-state index >= 15 is 0 Å². The van der Waals surface area contributed by atoms with Crippen molar-refractivity contribution < 1.29 is 9.53 Å². The van der Waals surface area contributed by atoms with Gasteiger partial charge in [0.1, 0.15) is 0 Å². The summed E-state index contributed by atoms with van der Waals surface area (Å²) in [6.07, 6.45) is 4.35. The number of anilines is 1. The molecule has 0 aliphatic carbocycles. The van der Waals surface area contributed by atoms with Gasteiger partial charge >= 0.3 is 0 Å². The van der Waals surface area contributed by atoms with Gasteiger partial charge in [-0.2, -0.15) is 0 Å². The standard InChI is InChI=1S/C13H18N4O2/c18-12(16-6-8-19-9-7-16)11-2-5-17(10-11)13-14-3-1-4-15-13/h1,3-4,11H,2,5-10H2/t11-/m0/s1. The second kappa shape index (κ2) is 5.52. The third-order valence-corrected chi connectivity index (χ3v) is 3.70. The van der Waals surface area contributed by atoms with Crippen LogP contribution < -0.4 is 4.90 Å². The minimum absolute atomic E-state index is 0.0712. The maximum Gasteiger partial charge on any atom is 0.227 e. The molecule has 6 nitrogen and oxygen atoms in total. The van der Waals surface area contributed by atoms with Crippen molar-refractivity contribution in [1.82, 2.24) is 14.9 Å². The average Bonchev–Trinajstić information content (AvgIpc) is 2.98. The Hall–Kier alpha value is -1.69. The summed E-state index contributed by atoms with van der Waals surface area (Å²) < 4.78 is 5.28.